The van der Waals surface area contributed by atoms with Crippen molar-refractivity contribution < 1.29 is 14.7 Å². The molecule has 0 spiro atoms. The summed E-state index contributed by atoms with van der Waals surface area (Å²) in [6.07, 6.45) is 1.28. The number of carbonyl (C=O) groups is 2. The number of nitrogens with one attached hydrogen (secondary N) is 2. The van der Waals surface area contributed by atoms with Crippen LogP contribution in [0.3, 0.4) is 0 Å². The third kappa shape index (κ3) is 5.43. The normalized spacial score (nSPS) is 8.75. The maximum atomic E-state index is 10.7. The average Bonchev–Trinajstić information content (AvgIpc) is 2.04. The lowest BCUT2D eigenvalue weighted by atomic mass is 10.4. The molecule has 12 heavy (non-hydrogen) atoms. The van der Waals surface area contributed by atoms with Crippen LogP contribution in [0, 0.1) is 0 Å². The van der Waals surface area contributed by atoms with Crippen molar-refractivity contribution in [3.63, 3.8) is 0 Å². The number of amides is 2. The average molecular weight is 172 g/mol. The van der Waals surface area contributed by atoms with Gasteiger partial charge >= 0.3 is 0 Å². The summed E-state index contributed by atoms with van der Waals surface area (Å²) in [7, 11) is 0. The molecule has 0 aromatic heterocycles. The van der Waals surface area contributed by atoms with E-state index in [2.05, 4.69) is 17.2 Å². The highest BCUT2D eigenvalue weighted by Gasteiger charge is 1.99. The van der Waals surface area contributed by atoms with Gasteiger partial charge in [0, 0.05) is 13.0 Å². The van der Waals surface area contributed by atoms with Gasteiger partial charge in [0.1, 0.15) is 6.73 Å². The SMILES string of the molecule is C=CC(=O)NCCC(=O)NCO. The monoisotopic (exact) mass is 172 g/mol. The molecule has 3 N–H and O–H groups in total. The first-order valence-electron chi connectivity index (χ1n) is 3.48. The van der Waals surface area contributed by atoms with E-state index in [4.69, 9.17) is 5.11 Å². The molecule has 0 rings (SSSR count). The topological polar surface area (TPSA) is 78.4 Å². The Balaban J connectivity index is 3.36. The predicted molar refractivity (Wildman–Crippen MR) is 43.1 cm³/mol. The first-order chi connectivity index (χ1) is 5.70. The molecule has 0 atom stereocenters. The Morgan fingerprint density at radius 1 is 1.42 bits per heavy atom. The van der Waals surface area contributed by atoms with E-state index in [1.54, 1.807) is 0 Å². The quantitative estimate of drug-likeness (QED) is 0.358. The molecular formula is C7H12N2O3. The van der Waals surface area contributed by atoms with Crippen LogP contribution in [0.2, 0.25) is 0 Å². The van der Waals surface area contributed by atoms with Crippen molar-refractivity contribution in [3.8, 4) is 0 Å². The highest BCUT2D eigenvalue weighted by molar-refractivity contribution is 5.87. The molecule has 0 aromatic rings. The van der Waals surface area contributed by atoms with Crippen molar-refractivity contribution in [2.45, 2.75) is 6.42 Å². The number of hydrogen-bond donors (Lipinski definition) is 3. The summed E-state index contributed by atoms with van der Waals surface area (Å²) < 4.78 is 0. The van der Waals surface area contributed by atoms with Gasteiger partial charge < -0.3 is 15.7 Å². The molecule has 0 unspecified atom stereocenters. The molecule has 0 saturated carbocycles. The van der Waals surface area contributed by atoms with Crippen LogP contribution >= 0.6 is 0 Å². The molecule has 0 fully saturated rings. The smallest absolute Gasteiger partial charge is 0.243 e. The molecule has 68 valence electrons. The molecule has 0 bridgehead atoms. The van der Waals surface area contributed by atoms with Crippen LogP contribution in [0.1, 0.15) is 6.42 Å². The van der Waals surface area contributed by atoms with Crippen LogP contribution < -0.4 is 10.6 Å². The Labute approximate surface area is 70.5 Å². The minimum atomic E-state index is -0.381. The summed E-state index contributed by atoms with van der Waals surface area (Å²) in [5.41, 5.74) is 0. The second-order valence-corrected chi connectivity index (χ2v) is 2.00. The number of aliphatic hydroxyl groups is 1. The van der Waals surface area contributed by atoms with Gasteiger partial charge in [0.05, 0.1) is 0 Å². The minimum Gasteiger partial charge on any atom is -0.377 e. The zero-order valence-electron chi connectivity index (χ0n) is 6.67. The molecule has 0 saturated heterocycles. The Morgan fingerprint density at radius 2 is 2.08 bits per heavy atom. The second kappa shape index (κ2) is 6.36. The molecular weight excluding hydrogens is 160 g/mol. The lowest BCUT2D eigenvalue weighted by molar-refractivity contribution is -0.122. The molecule has 0 aliphatic carbocycles. The zero-order chi connectivity index (χ0) is 9.40. The van der Waals surface area contributed by atoms with E-state index in [0.29, 0.717) is 0 Å². The van der Waals surface area contributed by atoms with Gasteiger partial charge in [-0.2, -0.15) is 0 Å². The predicted octanol–water partition coefficient (Wildman–Crippen LogP) is -1.26. The van der Waals surface area contributed by atoms with Crippen molar-refractivity contribution in [2.24, 2.45) is 0 Å². The van der Waals surface area contributed by atoms with Crippen molar-refractivity contribution >= 4 is 11.8 Å². The van der Waals surface area contributed by atoms with E-state index in [9.17, 15) is 9.59 Å². The molecule has 0 aromatic carbocycles. The van der Waals surface area contributed by atoms with E-state index >= 15 is 0 Å². The molecule has 2 amide bonds. The number of rotatable bonds is 5. The van der Waals surface area contributed by atoms with Gasteiger partial charge in [0.15, 0.2) is 0 Å². The molecule has 0 aliphatic rings. The number of hydrogen-bond acceptors (Lipinski definition) is 3. The zero-order valence-corrected chi connectivity index (χ0v) is 6.67. The minimum absolute atomic E-state index is 0.153. The van der Waals surface area contributed by atoms with Gasteiger partial charge in [-0.3, -0.25) is 9.59 Å². The van der Waals surface area contributed by atoms with Crippen molar-refractivity contribution in [3.05, 3.63) is 12.7 Å². The lowest BCUT2D eigenvalue weighted by Gasteiger charge is -2.01. The molecule has 0 aliphatic heterocycles. The Hall–Kier alpha value is -1.36. The summed E-state index contributed by atoms with van der Waals surface area (Å²) >= 11 is 0. The number of aliphatic hydroxyl groups excluding tert-OH is 1. The maximum Gasteiger partial charge on any atom is 0.243 e. The van der Waals surface area contributed by atoms with Crippen LogP contribution in [0.5, 0.6) is 0 Å². The summed E-state index contributed by atoms with van der Waals surface area (Å²) in [5, 5.41) is 12.9. The van der Waals surface area contributed by atoms with Crippen molar-refractivity contribution in [1.82, 2.24) is 10.6 Å². The van der Waals surface area contributed by atoms with E-state index < -0.39 is 0 Å². The molecule has 0 heterocycles. The molecule has 0 radical (unpaired) electrons. The fourth-order valence-corrected chi connectivity index (χ4v) is 0.548. The summed E-state index contributed by atoms with van der Waals surface area (Å²) in [6, 6.07) is 0. The van der Waals surface area contributed by atoms with Gasteiger partial charge in [-0.25, -0.2) is 0 Å². The Kier molecular flexibility index (Phi) is 5.64. The van der Waals surface area contributed by atoms with Crippen LogP contribution in [-0.2, 0) is 9.59 Å². The highest BCUT2D eigenvalue weighted by Crippen LogP contribution is 1.76. The highest BCUT2D eigenvalue weighted by atomic mass is 16.3. The Bertz CT molecular complexity index is 179. The summed E-state index contributed by atoms with van der Waals surface area (Å²) in [6.45, 7) is 3.11. The van der Waals surface area contributed by atoms with E-state index in [1.165, 1.54) is 0 Å². The van der Waals surface area contributed by atoms with E-state index in [-0.39, 0.29) is 31.5 Å². The van der Waals surface area contributed by atoms with E-state index in [0.717, 1.165) is 6.08 Å². The fraction of sp³-hybridized carbons (Fsp3) is 0.429. The standard InChI is InChI=1S/C7H12N2O3/c1-2-6(11)8-4-3-7(12)9-5-10/h2,10H,1,3-5H2,(H,8,11)(H,9,12). The van der Waals surface area contributed by atoms with E-state index in [1.807, 2.05) is 0 Å². The Morgan fingerprint density at radius 3 is 2.58 bits per heavy atom. The second-order valence-electron chi connectivity index (χ2n) is 2.00. The van der Waals surface area contributed by atoms with Crippen LogP contribution in [0.25, 0.3) is 0 Å². The van der Waals surface area contributed by atoms with Gasteiger partial charge in [0.25, 0.3) is 0 Å². The first kappa shape index (κ1) is 10.6. The summed E-state index contributed by atoms with van der Waals surface area (Å²) in [4.78, 5) is 21.2. The lowest BCUT2D eigenvalue weighted by Crippen LogP contribution is -2.30. The van der Waals surface area contributed by atoms with Crippen LogP contribution in [-0.4, -0.2) is 30.2 Å². The fourth-order valence-electron chi connectivity index (χ4n) is 0.548. The number of carbonyl (C=O) groups excluding carboxylic acids is 2. The third-order valence-corrected chi connectivity index (χ3v) is 1.11. The maximum absolute atomic E-state index is 10.7. The van der Waals surface area contributed by atoms with Crippen molar-refractivity contribution in [1.29, 1.82) is 0 Å². The van der Waals surface area contributed by atoms with Crippen LogP contribution in [0.4, 0.5) is 0 Å². The largest absolute Gasteiger partial charge is 0.377 e. The van der Waals surface area contributed by atoms with Gasteiger partial charge in [-0.05, 0) is 6.08 Å². The molecule has 5 nitrogen and oxygen atoms in total. The van der Waals surface area contributed by atoms with Gasteiger partial charge in [-0.15, -0.1) is 0 Å². The first-order valence-corrected chi connectivity index (χ1v) is 3.48. The van der Waals surface area contributed by atoms with Gasteiger partial charge in [0.2, 0.25) is 11.8 Å². The van der Waals surface area contributed by atoms with Crippen LogP contribution in [0.15, 0.2) is 12.7 Å². The van der Waals surface area contributed by atoms with Gasteiger partial charge in [-0.1, -0.05) is 6.58 Å². The van der Waals surface area contributed by atoms with Crippen molar-refractivity contribution in [2.75, 3.05) is 13.3 Å². The summed E-state index contributed by atoms with van der Waals surface area (Å²) in [5.74, 6) is -0.617. The third-order valence-electron chi connectivity index (χ3n) is 1.11. The molecule has 5 heteroatoms.